The zero-order valence-electron chi connectivity index (χ0n) is 14.7. The van der Waals surface area contributed by atoms with Gasteiger partial charge in [-0.1, -0.05) is 28.1 Å². The summed E-state index contributed by atoms with van der Waals surface area (Å²) in [4.78, 5) is 14.3. The number of ether oxygens (including phenoxy) is 1. The van der Waals surface area contributed by atoms with Crippen molar-refractivity contribution in [3.05, 3.63) is 75.6 Å². The van der Waals surface area contributed by atoms with E-state index in [1.807, 2.05) is 74.5 Å². The molecule has 0 saturated carbocycles. The van der Waals surface area contributed by atoms with Crippen molar-refractivity contribution in [1.29, 1.82) is 0 Å². The van der Waals surface area contributed by atoms with Crippen LogP contribution in [0.15, 0.2) is 65.1 Å². The number of rotatable bonds is 6. The lowest BCUT2D eigenvalue weighted by Gasteiger charge is -2.13. The first-order valence-electron chi connectivity index (χ1n) is 8.46. The number of carbonyl (C=O) groups is 1. The molecule has 0 spiro atoms. The lowest BCUT2D eigenvalue weighted by atomic mass is 10.1. The fourth-order valence-electron chi connectivity index (χ4n) is 2.60. The first-order chi connectivity index (χ1) is 12.6. The maximum absolute atomic E-state index is 12.5. The minimum Gasteiger partial charge on any atom is -0.494 e. The maximum Gasteiger partial charge on any atom is 0.261 e. The van der Waals surface area contributed by atoms with Crippen LogP contribution in [0.3, 0.4) is 0 Å². The molecule has 2 aromatic carbocycles. The van der Waals surface area contributed by atoms with E-state index in [0.717, 1.165) is 26.2 Å². The van der Waals surface area contributed by atoms with Gasteiger partial charge < -0.3 is 10.1 Å². The molecule has 1 atom stereocenters. The van der Waals surface area contributed by atoms with Crippen LogP contribution in [0, 0.1) is 0 Å². The Morgan fingerprint density at radius 2 is 1.77 bits per heavy atom. The van der Waals surface area contributed by atoms with Crippen LogP contribution in [0.1, 0.15) is 35.1 Å². The van der Waals surface area contributed by atoms with Crippen LogP contribution in [0.2, 0.25) is 0 Å². The number of carbonyl (C=O) groups excluding carboxylic acids is 1. The summed E-state index contributed by atoms with van der Waals surface area (Å²) in [5.41, 5.74) is 2.16. The molecule has 0 unspecified atom stereocenters. The number of hydrogen-bond acceptors (Lipinski definition) is 3. The summed E-state index contributed by atoms with van der Waals surface area (Å²) in [7, 11) is 0. The Bertz CT molecular complexity index is 872. The monoisotopic (exact) mass is 429 g/mol. The molecule has 1 aromatic heterocycles. The van der Waals surface area contributed by atoms with Crippen molar-refractivity contribution in [2.24, 2.45) is 0 Å². The second kappa shape index (κ2) is 8.52. The quantitative estimate of drug-likeness (QED) is 0.516. The number of amides is 1. The molecule has 26 heavy (non-hydrogen) atoms. The SMILES string of the molecule is CCOc1ccc(-c2ccc(C(=O)N[C@@H](C)c3ccc(Br)cc3)s2)cc1. The summed E-state index contributed by atoms with van der Waals surface area (Å²) in [6.45, 7) is 4.61. The molecule has 0 aliphatic rings. The molecule has 3 rings (SSSR count). The van der Waals surface area contributed by atoms with E-state index in [-0.39, 0.29) is 11.9 Å². The molecule has 0 bridgehead atoms. The number of nitrogens with one attached hydrogen (secondary N) is 1. The van der Waals surface area contributed by atoms with Crippen molar-refractivity contribution in [2.75, 3.05) is 6.61 Å². The van der Waals surface area contributed by atoms with Crippen LogP contribution in [-0.4, -0.2) is 12.5 Å². The van der Waals surface area contributed by atoms with E-state index in [2.05, 4.69) is 21.2 Å². The van der Waals surface area contributed by atoms with Gasteiger partial charge in [0.2, 0.25) is 0 Å². The van der Waals surface area contributed by atoms with Gasteiger partial charge in [-0.3, -0.25) is 4.79 Å². The standard InChI is InChI=1S/C21H20BrNO2S/c1-3-25-18-10-6-16(7-11-18)19-12-13-20(26-19)21(24)23-14(2)15-4-8-17(22)9-5-15/h4-14H,3H2,1-2H3,(H,23,24)/t14-/m0/s1. The third kappa shape index (κ3) is 4.54. The molecule has 134 valence electrons. The molecule has 0 fully saturated rings. The predicted octanol–water partition coefficient (Wildman–Crippen LogP) is 6.07. The highest BCUT2D eigenvalue weighted by Gasteiger charge is 2.14. The zero-order chi connectivity index (χ0) is 18.5. The van der Waals surface area contributed by atoms with E-state index < -0.39 is 0 Å². The van der Waals surface area contributed by atoms with E-state index in [1.165, 1.54) is 11.3 Å². The Kier molecular flexibility index (Phi) is 6.12. The van der Waals surface area contributed by atoms with Crippen molar-refractivity contribution >= 4 is 33.2 Å². The number of benzene rings is 2. The highest BCUT2D eigenvalue weighted by atomic mass is 79.9. The van der Waals surface area contributed by atoms with Gasteiger partial charge in [-0.15, -0.1) is 11.3 Å². The van der Waals surface area contributed by atoms with Crippen LogP contribution in [0.25, 0.3) is 10.4 Å². The van der Waals surface area contributed by atoms with E-state index in [9.17, 15) is 4.79 Å². The number of halogens is 1. The third-order valence-electron chi connectivity index (χ3n) is 4.00. The molecule has 3 aromatic rings. The van der Waals surface area contributed by atoms with Gasteiger partial charge in [0.15, 0.2) is 0 Å². The normalized spacial score (nSPS) is 11.8. The summed E-state index contributed by atoms with van der Waals surface area (Å²) >= 11 is 4.92. The summed E-state index contributed by atoms with van der Waals surface area (Å²) < 4.78 is 6.50. The zero-order valence-corrected chi connectivity index (χ0v) is 17.1. The Labute approximate surface area is 166 Å². The minimum atomic E-state index is -0.0531. The predicted molar refractivity (Wildman–Crippen MR) is 111 cm³/mol. The van der Waals surface area contributed by atoms with Crippen LogP contribution in [0.5, 0.6) is 5.75 Å². The minimum absolute atomic E-state index is 0.0494. The lowest BCUT2D eigenvalue weighted by Crippen LogP contribution is -2.25. The molecule has 0 saturated heterocycles. The summed E-state index contributed by atoms with van der Waals surface area (Å²) in [6.07, 6.45) is 0. The van der Waals surface area contributed by atoms with Gasteiger partial charge in [0.25, 0.3) is 5.91 Å². The van der Waals surface area contributed by atoms with E-state index in [1.54, 1.807) is 0 Å². The van der Waals surface area contributed by atoms with Gasteiger partial charge in [-0.2, -0.15) is 0 Å². The molecule has 1 N–H and O–H groups in total. The topological polar surface area (TPSA) is 38.3 Å². The number of thiophene rings is 1. The molecule has 0 radical (unpaired) electrons. The van der Waals surface area contributed by atoms with Gasteiger partial charge >= 0.3 is 0 Å². The largest absolute Gasteiger partial charge is 0.494 e. The van der Waals surface area contributed by atoms with Gasteiger partial charge in [-0.05, 0) is 73.5 Å². The van der Waals surface area contributed by atoms with Gasteiger partial charge in [0.1, 0.15) is 5.75 Å². The molecule has 1 heterocycles. The maximum atomic E-state index is 12.5. The van der Waals surface area contributed by atoms with Crippen molar-refractivity contribution in [3.8, 4) is 16.2 Å². The Morgan fingerprint density at radius 3 is 2.42 bits per heavy atom. The fraction of sp³-hybridized carbons (Fsp3) is 0.190. The molecular weight excluding hydrogens is 410 g/mol. The van der Waals surface area contributed by atoms with Crippen LogP contribution in [0.4, 0.5) is 0 Å². The summed E-state index contributed by atoms with van der Waals surface area (Å²) in [5, 5.41) is 3.06. The van der Waals surface area contributed by atoms with Crippen molar-refractivity contribution in [1.82, 2.24) is 5.32 Å². The van der Waals surface area contributed by atoms with Crippen LogP contribution in [-0.2, 0) is 0 Å². The average molecular weight is 430 g/mol. The molecule has 5 heteroatoms. The molecule has 0 aliphatic heterocycles. The van der Waals surface area contributed by atoms with Crippen LogP contribution < -0.4 is 10.1 Å². The molecular formula is C21H20BrNO2S. The van der Waals surface area contributed by atoms with Gasteiger partial charge in [-0.25, -0.2) is 0 Å². The van der Waals surface area contributed by atoms with Gasteiger partial charge in [0, 0.05) is 9.35 Å². The van der Waals surface area contributed by atoms with Crippen molar-refractivity contribution < 1.29 is 9.53 Å². The Hall–Kier alpha value is -2.11. The summed E-state index contributed by atoms with van der Waals surface area (Å²) in [6, 6.07) is 19.7. The van der Waals surface area contributed by atoms with E-state index in [0.29, 0.717) is 11.5 Å². The van der Waals surface area contributed by atoms with Crippen molar-refractivity contribution in [3.63, 3.8) is 0 Å². The first-order valence-corrected chi connectivity index (χ1v) is 10.1. The Balaban J connectivity index is 1.68. The van der Waals surface area contributed by atoms with E-state index in [4.69, 9.17) is 4.74 Å². The fourth-order valence-corrected chi connectivity index (χ4v) is 3.78. The Morgan fingerprint density at radius 1 is 1.08 bits per heavy atom. The molecule has 1 amide bonds. The van der Waals surface area contributed by atoms with Crippen molar-refractivity contribution in [2.45, 2.75) is 19.9 Å². The smallest absolute Gasteiger partial charge is 0.261 e. The average Bonchev–Trinajstić information content (AvgIpc) is 3.13. The third-order valence-corrected chi connectivity index (χ3v) is 5.66. The second-order valence-corrected chi connectivity index (χ2v) is 7.87. The van der Waals surface area contributed by atoms with Crippen LogP contribution >= 0.6 is 27.3 Å². The first kappa shape index (κ1) is 18.7. The second-order valence-electron chi connectivity index (χ2n) is 5.87. The molecule has 0 aliphatic carbocycles. The number of hydrogen-bond donors (Lipinski definition) is 1. The highest BCUT2D eigenvalue weighted by molar-refractivity contribution is 9.10. The summed E-state index contributed by atoms with van der Waals surface area (Å²) in [5.74, 6) is 0.803. The highest BCUT2D eigenvalue weighted by Crippen LogP contribution is 2.30. The van der Waals surface area contributed by atoms with Gasteiger partial charge in [0.05, 0.1) is 17.5 Å². The lowest BCUT2D eigenvalue weighted by molar-refractivity contribution is 0.0944. The van der Waals surface area contributed by atoms with E-state index >= 15 is 0 Å². The molecule has 3 nitrogen and oxygen atoms in total.